The number of amides is 2. The van der Waals surface area contributed by atoms with Crippen LogP contribution >= 0.6 is 11.3 Å². The van der Waals surface area contributed by atoms with Gasteiger partial charge in [0, 0.05) is 18.4 Å². The van der Waals surface area contributed by atoms with Crippen LogP contribution in [0.4, 0.5) is 9.93 Å². The third-order valence-electron chi connectivity index (χ3n) is 4.81. The zero-order valence-corrected chi connectivity index (χ0v) is 12.5. The molecule has 0 aromatic carbocycles. The number of hydrogen-bond donors (Lipinski definition) is 3. The van der Waals surface area contributed by atoms with Crippen LogP contribution in [0.25, 0.3) is 0 Å². The lowest BCUT2D eigenvalue weighted by molar-refractivity contribution is 0.0960. The average Bonchev–Trinajstić information content (AvgIpc) is 3.10. The van der Waals surface area contributed by atoms with E-state index < -0.39 is 0 Å². The zero-order chi connectivity index (χ0) is 14.4. The van der Waals surface area contributed by atoms with Crippen molar-refractivity contribution in [3.63, 3.8) is 0 Å². The predicted molar refractivity (Wildman–Crippen MR) is 78.3 cm³/mol. The number of aliphatic hydroxyl groups is 1. The van der Waals surface area contributed by atoms with Gasteiger partial charge in [0.05, 0.1) is 29.9 Å². The summed E-state index contributed by atoms with van der Waals surface area (Å²) in [6.07, 6.45) is 3.47. The van der Waals surface area contributed by atoms with Gasteiger partial charge in [-0.05, 0) is 25.2 Å². The van der Waals surface area contributed by atoms with E-state index in [0.29, 0.717) is 24.3 Å². The Bertz CT molecular complexity index is 538. The summed E-state index contributed by atoms with van der Waals surface area (Å²) in [6, 6.07) is -0.122. The summed E-state index contributed by atoms with van der Waals surface area (Å²) in [6.45, 7) is 1.29. The van der Waals surface area contributed by atoms with Gasteiger partial charge in [-0.15, -0.1) is 0 Å². The number of carbonyl (C=O) groups is 1. The SMILES string of the molecule is O=C(Nc1nc2c(s1)COCC2)N[C@H]1C[C@@H]2C[C@H]1[C@H](O)C2. The number of aliphatic hydroxyl groups excluding tert-OH is 1. The first kappa shape index (κ1) is 13.5. The highest BCUT2D eigenvalue weighted by Crippen LogP contribution is 2.44. The summed E-state index contributed by atoms with van der Waals surface area (Å²) in [4.78, 5) is 17.6. The number of nitrogens with zero attached hydrogens (tertiary/aromatic N) is 1. The van der Waals surface area contributed by atoms with Crippen LogP contribution in [-0.4, -0.2) is 34.9 Å². The van der Waals surface area contributed by atoms with E-state index in [2.05, 4.69) is 15.6 Å². The molecule has 2 amide bonds. The molecule has 1 aromatic heterocycles. The molecule has 0 spiro atoms. The van der Waals surface area contributed by atoms with E-state index in [-0.39, 0.29) is 24.1 Å². The number of thiazole rings is 1. The zero-order valence-electron chi connectivity index (χ0n) is 11.7. The Balaban J connectivity index is 1.37. The minimum atomic E-state index is -0.252. The van der Waals surface area contributed by atoms with Crippen molar-refractivity contribution < 1.29 is 14.6 Å². The maximum Gasteiger partial charge on any atom is 0.321 e. The van der Waals surface area contributed by atoms with Crippen molar-refractivity contribution in [1.29, 1.82) is 0 Å². The van der Waals surface area contributed by atoms with Crippen molar-refractivity contribution in [2.45, 2.75) is 44.4 Å². The molecule has 4 rings (SSSR count). The lowest BCUT2D eigenvalue weighted by atomic mass is 9.93. The second-order valence-electron chi connectivity index (χ2n) is 6.20. The lowest BCUT2D eigenvalue weighted by Gasteiger charge is -2.26. The topological polar surface area (TPSA) is 83.5 Å². The van der Waals surface area contributed by atoms with Gasteiger partial charge in [0.1, 0.15) is 0 Å². The fraction of sp³-hybridized carbons (Fsp3) is 0.714. The molecule has 0 radical (unpaired) electrons. The Morgan fingerprint density at radius 3 is 3.05 bits per heavy atom. The Labute approximate surface area is 126 Å². The highest BCUT2D eigenvalue weighted by molar-refractivity contribution is 7.15. The molecular formula is C14H19N3O3S. The maximum absolute atomic E-state index is 12.1. The molecule has 0 saturated heterocycles. The number of urea groups is 1. The third-order valence-corrected chi connectivity index (χ3v) is 5.80. The van der Waals surface area contributed by atoms with Crippen molar-refractivity contribution in [3.8, 4) is 0 Å². The second kappa shape index (κ2) is 5.23. The van der Waals surface area contributed by atoms with Gasteiger partial charge in [-0.3, -0.25) is 5.32 Å². The van der Waals surface area contributed by atoms with Gasteiger partial charge in [-0.1, -0.05) is 11.3 Å². The normalized spacial score (nSPS) is 33.8. The van der Waals surface area contributed by atoms with Gasteiger partial charge in [-0.2, -0.15) is 0 Å². The van der Waals surface area contributed by atoms with Crippen LogP contribution in [0.2, 0.25) is 0 Å². The highest BCUT2D eigenvalue weighted by Gasteiger charge is 2.46. The first-order valence-electron chi connectivity index (χ1n) is 7.51. The molecule has 114 valence electrons. The van der Waals surface area contributed by atoms with Gasteiger partial charge in [0.15, 0.2) is 5.13 Å². The van der Waals surface area contributed by atoms with Crippen molar-refractivity contribution in [2.24, 2.45) is 11.8 Å². The molecule has 2 saturated carbocycles. The Hall–Kier alpha value is -1.18. The largest absolute Gasteiger partial charge is 0.393 e. The molecule has 2 bridgehead atoms. The number of carbonyl (C=O) groups excluding carboxylic acids is 1. The van der Waals surface area contributed by atoms with Crippen molar-refractivity contribution >= 4 is 22.5 Å². The van der Waals surface area contributed by atoms with Crippen LogP contribution in [0.3, 0.4) is 0 Å². The molecule has 2 heterocycles. The number of nitrogens with one attached hydrogen (secondary N) is 2. The van der Waals surface area contributed by atoms with E-state index in [1.165, 1.54) is 11.3 Å². The molecule has 3 N–H and O–H groups in total. The summed E-state index contributed by atoms with van der Waals surface area (Å²) in [5.41, 5.74) is 1.04. The van der Waals surface area contributed by atoms with E-state index in [9.17, 15) is 9.90 Å². The van der Waals surface area contributed by atoms with Gasteiger partial charge in [0.2, 0.25) is 0 Å². The molecule has 0 unspecified atom stereocenters. The standard InChI is InChI=1S/C14H19N3O3S/c18-11-5-7-3-8(11)10(4-7)15-13(19)17-14-16-9-1-2-20-6-12(9)21-14/h7-8,10-11,18H,1-6H2,(H2,15,16,17,19)/t7-,8+,10-,11+/m0/s1. The number of ether oxygens (including phenoxy) is 1. The molecule has 4 atom stereocenters. The number of fused-ring (bicyclic) bond motifs is 3. The number of hydrogen-bond acceptors (Lipinski definition) is 5. The van der Waals surface area contributed by atoms with Crippen molar-refractivity contribution in [2.75, 3.05) is 11.9 Å². The van der Waals surface area contributed by atoms with Crippen LogP contribution in [-0.2, 0) is 17.8 Å². The van der Waals surface area contributed by atoms with Gasteiger partial charge in [-0.25, -0.2) is 9.78 Å². The number of rotatable bonds is 2. The molecule has 1 aliphatic heterocycles. The Kier molecular flexibility index (Phi) is 3.35. The van der Waals surface area contributed by atoms with Crippen LogP contribution in [0, 0.1) is 11.8 Å². The molecule has 1 aromatic rings. The summed E-state index contributed by atoms with van der Waals surface area (Å²) in [7, 11) is 0. The molecule has 7 heteroatoms. The monoisotopic (exact) mass is 309 g/mol. The second-order valence-corrected chi connectivity index (χ2v) is 7.28. The molecule has 21 heavy (non-hydrogen) atoms. The summed E-state index contributed by atoms with van der Waals surface area (Å²) in [5.74, 6) is 0.790. The predicted octanol–water partition coefficient (Wildman–Crippen LogP) is 1.50. The number of aromatic nitrogens is 1. The first-order valence-corrected chi connectivity index (χ1v) is 8.32. The molecule has 2 aliphatic carbocycles. The van der Waals surface area contributed by atoms with Crippen LogP contribution in [0.5, 0.6) is 0 Å². The smallest absolute Gasteiger partial charge is 0.321 e. The molecule has 3 aliphatic rings. The fourth-order valence-electron chi connectivity index (χ4n) is 3.86. The molecule has 2 fully saturated rings. The van der Waals surface area contributed by atoms with Gasteiger partial charge >= 0.3 is 6.03 Å². The quantitative estimate of drug-likeness (QED) is 0.773. The lowest BCUT2D eigenvalue weighted by Crippen LogP contribution is -2.44. The van der Waals surface area contributed by atoms with Crippen molar-refractivity contribution in [1.82, 2.24) is 10.3 Å². The van der Waals surface area contributed by atoms with Crippen LogP contribution in [0.1, 0.15) is 29.8 Å². The van der Waals surface area contributed by atoms with Crippen molar-refractivity contribution in [3.05, 3.63) is 10.6 Å². The minimum absolute atomic E-state index is 0.0941. The fourth-order valence-corrected chi connectivity index (χ4v) is 4.80. The van der Waals surface area contributed by atoms with E-state index in [0.717, 1.165) is 36.3 Å². The minimum Gasteiger partial charge on any atom is -0.393 e. The van der Waals surface area contributed by atoms with Gasteiger partial charge < -0.3 is 15.2 Å². The molecule has 6 nitrogen and oxygen atoms in total. The van der Waals surface area contributed by atoms with E-state index >= 15 is 0 Å². The number of anilines is 1. The van der Waals surface area contributed by atoms with E-state index in [1.807, 2.05) is 0 Å². The van der Waals surface area contributed by atoms with Gasteiger partial charge in [0.25, 0.3) is 0 Å². The maximum atomic E-state index is 12.1. The summed E-state index contributed by atoms with van der Waals surface area (Å²) < 4.78 is 5.38. The Morgan fingerprint density at radius 2 is 2.29 bits per heavy atom. The summed E-state index contributed by atoms with van der Waals surface area (Å²) >= 11 is 1.48. The van der Waals surface area contributed by atoms with Crippen LogP contribution in [0.15, 0.2) is 0 Å². The average molecular weight is 309 g/mol. The van der Waals surface area contributed by atoms with E-state index in [1.54, 1.807) is 0 Å². The molecular weight excluding hydrogens is 290 g/mol. The summed E-state index contributed by atoms with van der Waals surface area (Å²) in [5, 5.41) is 16.4. The Morgan fingerprint density at radius 1 is 1.38 bits per heavy atom. The highest BCUT2D eigenvalue weighted by atomic mass is 32.1. The van der Waals surface area contributed by atoms with Crippen LogP contribution < -0.4 is 10.6 Å². The third kappa shape index (κ3) is 2.54. The van der Waals surface area contributed by atoms with E-state index in [4.69, 9.17) is 4.74 Å². The first-order chi connectivity index (χ1) is 10.2.